The molecule has 0 unspecified atom stereocenters. The third-order valence-corrected chi connectivity index (χ3v) is 2.76. The summed E-state index contributed by atoms with van der Waals surface area (Å²) in [6.07, 6.45) is 1.53. The number of para-hydroxylation sites is 1. The van der Waals surface area contributed by atoms with Crippen molar-refractivity contribution in [2.24, 2.45) is 0 Å². The van der Waals surface area contributed by atoms with Gasteiger partial charge in [0, 0.05) is 8.41 Å². The first-order chi connectivity index (χ1) is 8.36. The second kappa shape index (κ2) is 4.92. The second-order valence-corrected chi connectivity index (χ2v) is 3.84. The first-order valence-corrected chi connectivity index (χ1v) is 5.42. The van der Waals surface area contributed by atoms with E-state index in [0.717, 1.165) is 5.56 Å². The van der Waals surface area contributed by atoms with E-state index in [4.69, 9.17) is 4.42 Å². The molecule has 0 fully saturated rings. The highest BCUT2D eigenvalue weighted by molar-refractivity contribution is 5.81. The van der Waals surface area contributed by atoms with Crippen molar-refractivity contribution in [3.63, 3.8) is 0 Å². The van der Waals surface area contributed by atoms with Crippen LogP contribution in [0.4, 0.5) is 0 Å². The Bertz CT molecular complexity index is 717. The zero-order chi connectivity index (χ0) is 11.7. The third-order valence-electron chi connectivity index (χ3n) is 2.76. The van der Waals surface area contributed by atoms with Gasteiger partial charge in [-0.2, -0.15) is 0 Å². The quantitative estimate of drug-likeness (QED) is 0.604. The molecule has 18 heavy (non-hydrogen) atoms. The van der Waals surface area contributed by atoms with Crippen molar-refractivity contribution in [1.82, 2.24) is 0 Å². The largest absolute Gasteiger partial charge is 0.463 e. The Kier molecular flexibility index (Phi) is 3.33. The third kappa shape index (κ3) is 1.95. The summed E-state index contributed by atoms with van der Waals surface area (Å²) in [5, 5.41) is 0.619. The summed E-state index contributed by atoms with van der Waals surface area (Å²) in [5.74, 6) is 0. The molecule has 1 aromatic heterocycles. The van der Waals surface area contributed by atoms with Gasteiger partial charge < -0.3 is 4.42 Å². The molecule has 0 bridgehead atoms. The van der Waals surface area contributed by atoms with Crippen LogP contribution in [0.3, 0.4) is 0 Å². The minimum Gasteiger partial charge on any atom is -0.463 e. The number of benzene rings is 2. The van der Waals surface area contributed by atoms with E-state index >= 15 is 0 Å². The Morgan fingerprint density at radius 2 is 1.50 bits per heavy atom. The maximum absolute atomic E-state index is 12.3. The van der Waals surface area contributed by atoms with Gasteiger partial charge in [-0.15, -0.1) is 0 Å². The van der Waals surface area contributed by atoms with Gasteiger partial charge in [0.05, 0.1) is 10.9 Å². The van der Waals surface area contributed by atoms with Crippen molar-refractivity contribution < 1.29 is 4.42 Å². The fourth-order valence-electron chi connectivity index (χ4n) is 1.89. The van der Waals surface area contributed by atoms with E-state index in [1.165, 1.54) is 6.26 Å². The Morgan fingerprint density at radius 3 is 2.28 bits per heavy atom. The molecule has 0 saturated carbocycles. The lowest BCUT2D eigenvalue weighted by atomic mass is 10.1. The van der Waals surface area contributed by atoms with Gasteiger partial charge in [-0.1, -0.05) is 42.5 Å². The molecular weight excluding hydrogens is 223 g/mol. The molecule has 0 saturated heterocycles. The molecule has 3 heteroatoms. The summed E-state index contributed by atoms with van der Waals surface area (Å²) in [5.41, 5.74) is 2.12. The van der Waals surface area contributed by atoms with Gasteiger partial charge in [0.15, 0.2) is 5.43 Å². The predicted octanol–water partition coefficient (Wildman–Crippen LogP) is 3.08. The van der Waals surface area contributed by atoms with Gasteiger partial charge >= 0.3 is 0 Å². The summed E-state index contributed by atoms with van der Waals surface area (Å²) in [7, 11) is 0. The topological polar surface area (TPSA) is 30.2 Å². The molecule has 3 aromatic rings. The molecule has 0 N–H and O–H groups in total. The maximum atomic E-state index is 12.3. The van der Waals surface area contributed by atoms with Crippen molar-refractivity contribution in [3.8, 4) is 11.1 Å². The standard InChI is InChI=1S/C15H10O2.B/c16-15-12-8-4-5-9-14(12)17-10-13(15)11-6-2-1-3-7-11;/h1-10H;. The van der Waals surface area contributed by atoms with Gasteiger partial charge in [0.25, 0.3) is 0 Å². The predicted molar refractivity (Wildman–Crippen MR) is 73.7 cm³/mol. The summed E-state index contributed by atoms with van der Waals surface area (Å²) in [6, 6.07) is 16.8. The molecule has 3 radical (unpaired) electrons. The van der Waals surface area contributed by atoms with E-state index in [1.807, 2.05) is 42.5 Å². The molecule has 3 rings (SSSR count). The molecule has 0 aliphatic carbocycles. The number of rotatable bonds is 1. The lowest BCUT2D eigenvalue weighted by Crippen LogP contribution is -2.04. The molecule has 0 amide bonds. The van der Waals surface area contributed by atoms with Crippen LogP contribution in [0.15, 0.2) is 70.1 Å². The lowest BCUT2D eigenvalue weighted by Gasteiger charge is -2.01. The van der Waals surface area contributed by atoms with Crippen molar-refractivity contribution in [2.75, 3.05) is 0 Å². The van der Waals surface area contributed by atoms with E-state index in [1.54, 1.807) is 12.1 Å². The van der Waals surface area contributed by atoms with Crippen LogP contribution in [-0.4, -0.2) is 8.41 Å². The Morgan fingerprint density at radius 1 is 0.833 bits per heavy atom. The number of hydrogen-bond acceptors (Lipinski definition) is 2. The highest BCUT2D eigenvalue weighted by Crippen LogP contribution is 2.18. The van der Waals surface area contributed by atoms with Crippen LogP contribution >= 0.6 is 0 Å². The summed E-state index contributed by atoms with van der Waals surface area (Å²) < 4.78 is 5.48. The first-order valence-electron chi connectivity index (χ1n) is 5.42. The van der Waals surface area contributed by atoms with Crippen LogP contribution in [-0.2, 0) is 0 Å². The zero-order valence-corrected chi connectivity index (χ0v) is 9.67. The van der Waals surface area contributed by atoms with Crippen LogP contribution in [0.1, 0.15) is 0 Å². The van der Waals surface area contributed by atoms with Crippen LogP contribution in [0.2, 0.25) is 0 Å². The van der Waals surface area contributed by atoms with Gasteiger partial charge in [-0.3, -0.25) is 4.79 Å². The molecule has 0 atom stereocenters. The molecular formula is C15H10BO2. The summed E-state index contributed by atoms with van der Waals surface area (Å²) >= 11 is 0. The van der Waals surface area contributed by atoms with E-state index in [2.05, 4.69) is 0 Å². The smallest absolute Gasteiger partial charge is 0.200 e. The van der Waals surface area contributed by atoms with Gasteiger partial charge in [-0.05, 0) is 17.7 Å². The SMILES string of the molecule is O=c1c(-c2ccccc2)coc2ccccc12.[B]. The zero-order valence-electron chi connectivity index (χ0n) is 9.67. The van der Waals surface area contributed by atoms with Crippen molar-refractivity contribution in [2.45, 2.75) is 0 Å². The molecule has 2 nitrogen and oxygen atoms in total. The summed E-state index contributed by atoms with van der Waals surface area (Å²) in [6.45, 7) is 0. The van der Waals surface area contributed by atoms with Crippen molar-refractivity contribution >= 4 is 19.4 Å². The molecule has 0 aliphatic heterocycles. The van der Waals surface area contributed by atoms with Crippen molar-refractivity contribution in [3.05, 3.63) is 71.1 Å². The Hall–Kier alpha value is -2.29. The van der Waals surface area contributed by atoms with Crippen molar-refractivity contribution in [1.29, 1.82) is 0 Å². The van der Waals surface area contributed by atoms with Gasteiger partial charge in [0.1, 0.15) is 11.8 Å². The van der Waals surface area contributed by atoms with E-state index in [9.17, 15) is 4.79 Å². The summed E-state index contributed by atoms with van der Waals surface area (Å²) in [4.78, 5) is 12.3. The lowest BCUT2D eigenvalue weighted by molar-refractivity contribution is 0.604. The average molecular weight is 233 g/mol. The highest BCUT2D eigenvalue weighted by atomic mass is 16.3. The fourth-order valence-corrected chi connectivity index (χ4v) is 1.89. The number of hydrogen-bond donors (Lipinski definition) is 0. The number of fused-ring (bicyclic) bond motifs is 1. The van der Waals surface area contributed by atoms with Gasteiger partial charge in [-0.25, -0.2) is 0 Å². The average Bonchev–Trinajstić information content (AvgIpc) is 2.40. The first kappa shape index (κ1) is 12.2. The Labute approximate surface area is 106 Å². The molecule has 1 heterocycles. The molecule has 0 aliphatic rings. The van der Waals surface area contributed by atoms with Crippen LogP contribution in [0.5, 0.6) is 0 Å². The molecule has 0 spiro atoms. The van der Waals surface area contributed by atoms with E-state index in [-0.39, 0.29) is 13.8 Å². The van der Waals surface area contributed by atoms with Gasteiger partial charge in [0.2, 0.25) is 0 Å². The monoisotopic (exact) mass is 233 g/mol. The van der Waals surface area contributed by atoms with Crippen LogP contribution in [0.25, 0.3) is 22.1 Å². The Balaban J connectivity index is 0.00000120. The minimum atomic E-state index is 0. The van der Waals surface area contributed by atoms with E-state index < -0.39 is 0 Å². The van der Waals surface area contributed by atoms with Crippen LogP contribution in [0, 0.1) is 0 Å². The second-order valence-electron chi connectivity index (χ2n) is 3.84. The fraction of sp³-hybridized carbons (Fsp3) is 0. The normalized spacial score (nSPS) is 10.0. The molecule has 2 aromatic carbocycles. The highest BCUT2D eigenvalue weighted by Gasteiger charge is 2.07. The van der Waals surface area contributed by atoms with E-state index in [0.29, 0.717) is 16.5 Å². The van der Waals surface area contributed by atoms with Crippen LogP contribution < -0.4 is 5.43 Å². The molecule has 85 valence electrons. The maximum Gasteiger partial charge on any atom is 0.200 e. The minimum absolute atomic E-state index is 0.